The number of anilines is 2. The van der Waals surface area contributed by atoms with E-state index in [2.05, 4.69) is 10.6 Å². The van der Waals surface area contributed by atoms with E-state index >= 15 is 0 Å². The highest BCUT2D eigenvalue weighted by molar-refractivity contribution is 6.31. The number of aryl methyl sites for hydroxylation is 2. The molecule has 21 heavy (non-hydrogen) atoms. The van der Waals surface area contributed by atoms with Crippen molar-refractivity contribution >= 4 is 28.9 Å². The van der Waals surface area contributed by atoms with Gasteiger partial charge in [0.15, 0.2) is 0 Å². The average Bonchev–Trinajstić information content (AvgIpc) is 2.45. The topological polar surface area (TPSA) is 41.1 Å². The fraction of sp³-hybridized carbons (Fsp3) is 0.235. The Hall–Kier alpha value is -2.00. The Morgan fingerprint density at radius 3 is 2.57 bits per heavy atom. The molecule has 0 aliphatic rings. The Labute approximate surface area is 130 Å². The molecule has 0 atom stereocenters. The summed E-state index contributed by atoms with van der Waals surface area (Å²) in [7, 11) is 0. The van der Waals surface area contributed by atoms with E-state index in [1.807, 2.05) is 57.2 Å². The fourth-order valence-corrected chi connectivity index (χ4v) is 2.15. The predicted molar refractivity (Wildman–Crippen MR) is 89.2 cm³/mol. The van der Waals surface area contributed by atoms with Gasteiger partial charge in [0.25, 0.3) is 0 Å². The van der Waals surface area contributed by atoms with Crippen molar-refractivity contribution in [3.05, 3.63) is 58.1 Å². The third-order valence-corrected chi connectivity index (χ3v) is 3.91. The lowest BCUT2D eigenvalue weighted by Crippen LogP contribution is -2.22. The van der Waals surface area contributed by atoms with Crippen LogP contribution >= 0.6 is 11.6 Å². The van der Waals surface area contributed by atoms with Crippen LogP contribution < -0.4 is 10.6 Å². The Kier molecular flexibility index (Phi) is 4.86. The molecule has 0 aromatic heterocycles. The SMILES string of the molecule is Cc1ccc(NCC(=O)Nc2cccc(C)c2C)cc1Cl. The molecule has 0 unspecified atom stereocenters. The van der Waals surface area contributed by atoms with Crippen LogP contribution in [0.3, 0.4) is 0 Å². The van der Waals surface area contributed by atoms with Gasteiger partial charge >= 0.3 is 0 Å². The molecule has 3 nitrogen and oxygen atoms in total. The van der Waals surface area contributed by atoms with E-state index in [1.54, 1.807) is 0 Å². The monoisotopic (exact) mass is 302 g/mol. The Morgan fingerprint density at radius 1 is 1.10 bits per heavy atom. The van der Waals surface area contributed by atoms with Crippen LogP contribution in [0.2, 0.25) is 5.02 Å². The summed E-state index contributed by atoms with van der Waals surface area (Å²) in [5.74, 6) is -0.0830. The fourth-order valence-electron chi connectivity index (χ4n) is 1.97. The summed E-state index contributed by atoms with van der Waals surface area (Å²) in [4.78, 5) is 12.0. The Balaban J connectivity index is 1.96. The highest BCUT2D eigenvalue weighted by Gasteiger charge is 2.06. The molecule has 0 heterocycles. The minimum atomic E-state index is -0.0830. The first-order valence-corrected chi connectivity index (χ1v) is 7.21. The van der Waals surface area contributed by atoms with Crippen LogP contribution in [0.5, 0.6) is 0 Å². The molecule has 0 spiro atoms. The molecule has 1 amide bonds. The van der Waals surface area contributed by atoms with Gasteiger partial charge in [-0.3, -0.25) is 4.79 Å². The van der Waals surface area contributed by atoms with Gasteiger partial charge in [-0.1, -0.05) is 29.8 Å². The highest BCUT2D eigenvalue weighted by Crippen LogP contribution is 2.20. The number of benzene rings is 2. The van der Waals surface area contributed by atoms with Crippen LogP contribution in [0.1, 0.15) is 16.7 Å². The molecular formula is C17H19ClN2O. The molecule has 0 saturated heterocycles. The molecule has 0 saturated carbocycles. The number of carbonyl (C=O) groups is 1. The van der Waals surface area contributed by atoms with Crippen LogP contribution in [0.4, 0.5) is 11.4 Å². The van der Waals surface area contributed by atoms with Crippen LogP contribution in [-0.2, 0) is 4.79 Å². The number of amides is 1. The lowest BCUT2D eigenvalue weighted by atomic mass is 10.1. The van der Waals surface area contributed by atoms with Crippen molar-refractivity contribution in [3.63, 3.8) is 0 Å². The van der Waals surface area contributed by atoms with Gasteiger partial charge in [-0.05, 0) is 55.7 Å². The standard InChI is InChI=1S/C17H19ClN2O/c1-11-5-4-6-16(13(11)3)20-17(21)10-19-14-8-7-12(2)15(18)9-14/h4-9,19H,10H2,1-3H3,(H,20,21). The first-order valence-electron chi connectivity index (χ1n) is 6.83. The van der Waals surface area contributed by atoms with Crippen molar-refractivity contribution in [1.82, 2.24) is 0 Å². The average molecular weight is 303 g/mol. The molecule has 0 fully saturated rings. The van der Waals surface area contributed by atoms with E-state index in [-0.39, 0.29) is 12.5 Å². The van der Waals surface area contributed by atoms with E-state index in [0.29, 0.717) is 5.02 Å². The lowest BCUT2D eigenvalue weighted by molar-refractivity contribution is -0.114. The van der Waals surface area contributed by atoms with Crippen molar-refractivity contribution in [2.24, 2.45) is 0 Å². The van der Waals surface area contributed by atoms with E-state index < -0.39 is 0 Å². The molecule has 110 valence electrons. The normalized spacial score (nSPS) is 10.3. The van der Waals surface area contributed by atoms with Gasteiger partial charge in [0, 0.05) is 16.4 Å². The summed E-state index contributed by atoms with van der Waals surface area (Å²) < 4.78 is 0. The first-order chi connectivity index (χ1) is 9.97. The summed E-state index contributed by atoms with van der Waals surface area (Å²) in [5, 5.41) is 6.67. The van der Waals surface area contributed by atoms with E-state index in [4.69, 9.17) is 11.6 Å². The van der Waals surface area contributed by atoms with Crippen molar-refractivity contribution in [1.29, 1.82) is 0 Å². The minimum Gasteiger partial charge on any atom is -0.376 e. The van der Waals surface area contributed by atoms with Gasteiger partial charge in [0.2, 0.25) is 5.91 Å². The number of halogens is 1. The first kappa shape index (κ1) is 15.4. The van der Waals surface area contributed by atoms with Crippen LogP contribution in [0.25, 0.3) is 0 Å². The van der Waals surface area contributed by atoms with E-state index in [1.165, 1.54) is 0 Å². The van der Waals surface area contributed by atoms with Gasteiger partial charge in [-0.2, -0.15) is 0 Å². The third kappa shape index (κ3) is 3.99. The van der Waals surface area contributed by atoms with Gasteiger partial charge in [-0.15, -0.1) is 0 Å². The summed E-state index contributed by atoms with van der Waals surface area (Å²) in [6.07, 6.45) is 0. The van der Waals surface area contributed by atoms with Gasteiger partial charge < -0.3 is 10.6 Å². The largest absolute Gasteiger partial charge is 0.376 e. The Morgan fingerprint density at radius 2 is 1.86 bits per heavy atom. The number of hydrogen-bond acceptors (Lipinski definition) is 2. The van der Waals surface area contributed by atoms with Gasteiger partial charge in [-0.25, -0.2) is 0 Å². The second-order valence-electron chi connectivity index (χ2n) is 5.11. The molecule has 0 radical (unpaired) electrons. The van der Waals surface area contributed by atoms with Crippen LogP contribution in [0.15, 0.2) is 36.4 Å². The number of hydrogen-bond donors (Lipinski definition) is 2. The summed E-state index contributed by atoms with van der Waals surface area (Å²) >= 11 is 6.06. The zero-order valence-electron chi connectivity index (χ0n) is 12.5. The second kappa shape index (κ2) is 6.64. The molecule has 2 N–H and O–H groups in total. The van der Waals surface area contributed by atoms with Crippen molar-refractivity contribution in [2.75, 3.05) is 17.2 Å². The molecule has 2 rings (SSSR count). The quantitative estimate of drug-likeness (QED) is 0.883. The second-order valence-corrected chi connectivity index (χ2v) is 5.52. The lowest BCUT2D eigenvalue weighted by Gasteiger charge is -2.11. The zero-order valence-corrected chi connectivity index (χ0v) is 13.2. The predicted octanol–water partition coefficient (Wildman–Crippen LogP) is 4.32. The summed E-state index contributed by atoms with van der Waals surface area (Å²) in [5.41, 5.74) is 4.95. The minimum absolute atomic E-state index is 0.0830. The maximum absolute atomic E-state index is 12.0. The van der Waals surface area contributed by atoms with Crippen molar-refractivity contribution in [2.45, 2.75) is 20.8 Å². The molecule has 0 bridgehead atoms. The summed E-state index contributed by atoms with van der Waals surface area (Å²) in [6.45, 7) is 6.17. The maximum Gasteiger partial charge on any atom is 0.243 e. The van der Waals surface area contributed by atoms with Gasteiger partial charge in [0.1, 0.15) is 0 Å². The summed E-state index contributed by atoms with van der Waals surface area (Å²) in [6, 6.07) is 11.5. The molecular weight excluding hydrogens is 284 g/mol. The molecule has 4 heteroatoms. The Bertz CT molecular complexity index is 668. The number of nitrogens with one attached hydrogen (secondary N) is 2. The van der Waals surface area contributed by atoms with Crippen LogP contribution in [0, 0.1) is 20.8 Å². The molecule has 0 aliphatic carbocycles. The highest BCUT2D eigenvalue weighted by atomic mass is 35.5. The molecule has 2 aromatic carbocycles. The van der Waals surface area contributed by atoms with Crippen molar-refractivity contribution in [3.8, 4) is 0 Å². The number of rotatable bonds is 4. The smallest absolute Gasteiger partial charge is 0.243 e. The number of carbonyl (C=O) groups excluding carboxylic acids is 1. The maximum atomic E-state index is 12.0. The zero-order chi connectivity index (χ0) is 15.4. The molecule has 2 aromatic rings. The van der Waals surface area contributed by atoms with E-state index in [0.717, 1.165) is 28.1 Å². The molecule has 0 aliphatic heterocycles. The van der Waals surface area contributed by atoms with Crippen LogP contribution in [-0.4, -0.2) is 12.5 Å². The third-order valence-electron chi connectivity index (χ3n) is 3.50. The van der Waals surface area contributed by atoms with Gasteiger partial charge in [0.05, 0.1) is 6.54 Å². The van der Waals surface area contributed by atoms with Crippen molar-refractivity contribution < 1.29 is 4.79 Å². The van der Waals surface area contributed by atoms with E-state index in [9.17, 15) is 4.79 Å².